The van der Waals surface area contributed by atoms with Crippen LogP contribution in [0.4, 0.5) is 10.2 Å². The normalized spacial score (nSPS) is 29.6. The highest BCUT2D eigenvalue weighted by Gasteiger charge is 2.51. The van der Waals surface area contributed by atoms with Crippen LogP contribution in [0.3, 0.4) is 0 Å². The summed E-state index contributed by atoms with van der Waals surface area (Å²) in [7, 11) is 0. The zero-order chi connectivity index (χ0) is 22.6. The number of benzene rings is 1. The van der Waals surface area contributed by atoms with Gasteiger partial charge in [0.25, 0.3) is 5.91 Å². The lowest BCUT2D eigenvalue weighted by atomic mass is 9.49. The van der Waals surface area contributed by atoms with Gasteiger partial charge >= 0.3 is 0 Å². The molecule has 2 heterocycles. The smallest absolute Gasteiger partial charge is 0.257 e. The summed E-state index contributed by atoms with van der Waals surface area (Å²) in [5.41, 5.74) is 1.84. The van der Waals surface area contributed by atoms with Crippen LogP contribution < -0.4 is 5.32 Å². The summed E-state index contributed by atoms with van der Waals surface area (Å²) < 4.78 is 14.1. The van der Waals surface area contributed by atoms with Crippen molar-refractivity contribution in [1.82, 2.24) is 14.9 Å². The lowest BCUT2D eigenvalue weighted by molar-refractivity contribution is -0.124. The first-order valence-electron chi connectivity index (χ1n) is 12.1. The number of hydrogen-bond acceptors (Lipinski definition) is 4. The van der Waals surface area contributed by atoms with Crippen LogP contribution in [0.5, 0.6) is 0 Å². The van der Waals surface area contributed by atoms with Gasteiger partial charge in [-0.2, -0.15) is 0 Å². The molecule has 4 fully saturated rings. The number of rotatable bonds is 4. The molecule has 4 saturated carbocycles. The fraction of sp³-hybridized carbons (Fsp3) is 0.538. The highest BCUT2D eigenvalue weighted by atomic mass is 19.1. The van der Waals surface area contributed by atoms with Crippen molar-refractivity contribution in [1.29, 1.82) is 0 Å². The number of fused-ring (bicyclic) bond motifs is 1. The van der Waals surface area contributed by atoms with E-state index in [-0.39, 0.29) is 29.3 Å². The van der Waals surface area contributed by atoms with E-state index < -0.39 is 5.82 Å². The molecule has 33 heavy (non-hydrogen) atoms. The van der Waals surface area contributed by atoms with Gasteiger partial charge in [0.05, 0.1) is 17.8 Å². The molecule has 7 heteroatoms. The highest BCUT2D eigenvalue weighted by molar-refractivity contribution is 5.95. The SMILES string of the molecule is O=C(CC12CC3CC(CC(C3)C1)C2)Nc1ncnc2c1CCN(C(=O)c1ccccc1F)C2. The number of amides is 2. The molecule has 4 bridgehead atoms. The van der Waals surface area contributed by atoms with Crippen molar-refractivity contribution in [2.24, 2.45) is 23.2 Å². The van der Waals surface area contributed by atoms with Crippen LogP contribution in [0.2, 0.25) is 0 Å². The summed E-state index contributed by atoms with van der Waals surface area (Å²) in [6, 6.07) is 6.03. The molecule has 0 atom stereocenters. The summed E-state index contributed by atoms with van der Waals surface area (Å²) in [6.45, 7) is 0.717. The van der Waals surface area contributed by atoms with Crippen molar-refractivity contribution in [2.45, 2.75) is 57.9 Å². The average molecular weight is 449 g/mol. The molecule has 6 nitrogen and oxygen atoms in total. The highest BCUT2D eigenvalue weighted by Crippen LogP contribution is 2.61. The van der Waals surface area contributed by atoms with E-state index in [1.54, 1.807) is 17.0 Å². The monoisotopic (exact) mass is 448 g/mol. The summed E-state index contributed by atoms with van der Waals surface area (Å²) in [4.78, 5) is 36.3. The molecule has 0 spiro atoms. The van der Waals surface area contributed by atoms with Gasteiger partial charge in [-0.05, 0) is 80.2 Å². The van der Waals surface area contributed by atoms with E-state index in [4.69, 9.17) is 0 Å². The Morgan fingerprint density at radius 1 is 1.06 bits per heavy atom. The Kier molecular flexibility index (Phi) is 4.96. The largest absolute Gasteiger partial charge is 0.332 e. The predicted molar refractivity (Wildman–Crippen MR) is 121 cm³/mol. The molecule has 172 valence electrons. The van der Waals surface area contributed by atoms with Crippen LogP contribution in [0.25, 0.3) is 0 Å². The molecule has 4 aliphatic carbocycles. The zero-order valence-corrected chi connectivity index (χ0v) is 18.7. The number of halogens is 1. The molecular formula is C26H29FN4O2. The van der Waals surface area contributed by atoms with Crippen LogP contribution in [0, 0.1) is 29.0 Å². The molecule has 1 aliphatic heterocycles. The Bertz CT molecular complexity index is 1080. The number of aromatic nitrogens is 2. The van der Waals surface area contributed by atoms with Crippen LogP contribution in [-0.4, -0.2) is 33.2 Å². The second-order valence-electron chi connectivity index (χ2n) is 10.7. The lowest BCUT2D eigenvalue weighted by Crippen LogP contribution is -2.47. The molecule has 1 aromatic heterocycles. The molecule has 2 amide bonds. The van der Waals surface area contributed by atoms with Crippen molar-refractivity contribution < 1.29 is 14.0 Å². The molecule has 0 radical (unpaired) electrons. The van der Waals surface area contributed by atoms with Crippen LogP contribution in [-0.2, 0) is 17.8 Å². The molecular weight excluding hydrogens is 419 g/mol. The van der Waals surface area contributed by atoms with Gasteiger partial charge in [0, 0.05) is 18.5 Å². The van der Waals surface area contributed by atoms with E-state index in [9.17, 15) is 14.0 Å². The topological polar surface area (TPSA) is 75.2 Å². The molecule has 0 saturated heterocycles. The Labute approximate surface area is 193 Å². The predicted octanol–water partition coefficient (Wildman–Crippen LogP) is 4.36. The standard InChI is InChI=1S/C26H29FN4O2/c27-21-4-2-1-3-19(21)25(33)31-6-5-20-22(14-31)28-15-29-24(20)30-23(32)13-26-10-16-7-17(11-26)9-18(8-16)12-26/h1-4,15-18H,5-14H2,(H,28,29,30,32). The van der Waals surface area contributed by atoms with Crippen molar-refractivity contribution in [2.75, 3.05) is 11.9 Å². The van der Waals surface area contributed by atoms with Gasteiger partial charge < -0.3 is 10.2 Å². The Morgan fingerprint density at radius 2 is 1.76 bits per heavy atom. The summed E-state index contributed by atoms with van der Waals surface area (Å²) in [5.74, 6) is 2.19. The molecule has 0 unspecified atom stereocenters. The second-order valence-corrected chi connectivity index (χ2v) is 10.7. The third-order valence-corrected chi connectivity index (χ3v) is 8.36. The fourth-order valence-corrected chi connectivity index (χ4v) is 7.46. The lowest BCUT2D eigenvalue weighted by Gasteiger charge is -2.56. The number of anilines is 1. The number of hydrogen-bond donors (Lipinski definition) is 1. The van der Waals surface area contributed by atoms with E-state index in [2.05, 4.69) is 15.3 Å². The van der Waals surface area contributed by atoms with Gasteiger partial charge in [0.15, 0.2) is 0 Å². The molecule has 1 aromatic carbocycles. The number of carbonyl (C=O) groups is 2. The molecule has 2 aromatic rings. The van der Waals surface area contributed by atoms with Gasteiger partial charge in [-0.1, -0.05) is 12.1 Å². The zero-order valence-electron chi connectivity index (χ0n) is 18.7. The quantitative estimate of drug-likeness (QED) is 0.754. The van der Waals surface area contributed by atoms with Gasteiger partial charge in [-0.25, -0.2) is 14.4 Å². The van der Waals surface area contributed by atoms with E-state index >= 15 is 0 Å². The Balaban J connectivity index is 1.15. The first-order chi connectivity index (χ1) is 16.0. The minimum atomic E-state index is -0.520. The van der Waals surface area contributed by atoms with Crippen molar-refractivity contribution in [3.05, 3.63) is 53.2 Å². The maximum atomic E-state index is 14.1. The minimum Gasteiger partial charge on any atom is -0.332 e. The molecule has 5 aliphatic rings. The molecule has 1 N–H and O–H groups in total. The second kappa shape index (κ2) is 7.89. The van der Waals surface area contributed by atoms with Crippen LogP contribution in [0.15, 0.2) is 30.6 Å². The van der Waals surface area contributed by atoms with E-state index in [0.29, 0.717) is 30.9 Å². The van der Waals surface area contributed by atoms with Gasteiger partial charge in [-0.3, -0.25) is 9.59 Å². The first-order valence-corrected chi connectivity index (χ1v) is 12.1. The number of nitrogens with one attached hydrogen (secondary N) is 1. The first kappa shape index (κ1) is 20.8. The average Bonchev–Trinajstić information content (AvgIpc) is 2.77. The third-order valence-electron chi connectivity index (χ3n) is 8.36. The number of carbonyl (C=O) groups excluding carboxylic acids is 2. The van der Waals surface area contributed by atoms with Gasteiger partial charge in [0.1, 0.15) is 18.0 Å². The minimum absolute atomic E-state index is 0.0442. The molecule has 7 rings (SSSR count). The summed E-state index contributed by atoms with van der Waals surface area (Å²) >= 11 is 0. The number of nitrogens with zero attached hydrogens (tertiary/aromatic N) is 3. The fourth-order valence-electron chi connectivity index (χ4n) is 7.46. The van der Waals surface area contributed by atoms with E-state index in [1.807, 2.05) is 0 Å². The van der Waals surface area contributed by atoms with Crippen molar-refractivity contribution in [3.8, 4) is 0 Å². The van der Waals surface area contributed by atoms with Crippen molar-refractivity contribution in [3.63, 3.8) is 0 Å². The summed E-state index contributed by atoms with van der Waals surface area (Å²) in [6.07, 6.45) is 10.2. The summed E-state index contributed by atoms with van der Waals surface area (Å²) in [5, 5.41) is 3.08. The van der Waals surface area contributed by atoms with Gasteiger partial charge in [0.2, 0.25) is 5.91 Å². The maximum absolute atomic E-state index is 14.1. The Morgan fingerprint density at radius 3 is 2.45 bits per heavy atom. The van der Waals surface area contributed by atoms with E-state index in [1.165, 1.54) is 57.0 Å². The Hall–Kier alpha value is -2.83. The third kappa shape index (κ3) is 3.81. The maximum Gasteiger partial charge on any atom is 0.257 e. The van der Waals surface area contributed by atoms with E-state index in [0.717, 1.165) is 23.3 Å². The van der Waals surface area contributed by atoms with Crippen molar-refractivity contribution >= 4 is 17.6 Å². The van der Waals surface area contributed by atoms with Crippen LogP contribution in [0.1, 0.15) is 66.6 Å². The van der Waals surface area contributed by atoms with Gasteiger partial charge in [-0.15, -0.1) is 0 Å². The van der Waals surface area contributed by atoms with Crippen LogP contribution >= 0.6 is 0 Å².